The van der Waals surface area contributed by atoms with Gasteiger partial charge in [-0.25, -0.2) is 0 Å². The second kappa shape index (κ2) is 5.85. The molecular formula is C15H21NO. The maximum atomic E-state index is 11.8. The fourth-order valence-corrected chi connectivity index (χ4v) is 2.15. The van der Waals surface area contributed by atoms with Gasteiger partial charge in [-0.2, -0.15) is 0 Å². The first-order valence-corrected chi connectivity index (χ1v) is 6.65. The first-order chi connectivity index (χ1) is 8.31. The molecule has 0 bridgehead atoms. The zero-order valence-electron chi connectivity index (χ0n) is 10.5. The standard InChI is InChI=1S/C15H21NO/c1-2-3-9-14(17)16-15(13-10-11-13)12-7-5-4-6-8-12/h4-8,13,15H,2-3,9-11H2,1H3,(H,16,17). The monoisotopic (exact) mass is 231 g/mol. The minimum absolute atomic E-state index is 0.201. The van der Waals surface area contributed by atoms with Crippen LogP contribution < -0.4 is 5.32 Å². The van der Waals surface area contributed by atoms with Gasteiger partial charge in [-0.1, -0.05) is 43.7 Å². The van der Waals surface area contributed by atoms with Crippen molar-refractivity contribution >= 4 is 5.91 Å². The Labute approximate surface area is 103 Å². The fourth-order valence-electron chi connectivity index (χ4n) is 2.15. The van der Waals surface area contributed by atoms with Gasteiger partial charge in [-0.05, 0) is 30.7 Å². The van der Waals surface area contributed by atoms with Crippen LogP contribution in [0.3, 0.4) is 0 Å². The lowest BCUT2D eigenvalue weighted by Gasteiger charge is -2.18. The Balaban J connectivity index is 1.96. The number of nitrogens with one attached hydrogen (secondary N) is 1. The Morgan fingerprint density at radius 3 is 2.65 bits per heavy atom. The summed E-state index contributed by atoms with van der Waals surface area (Å²) in [5, 5.41) is 3.19. The van der Waals surface area contributed by atoms with Crippen LogP contribution >= 0.6 is 0 Å². The maximum Gasteiger partial charge on any atom is 0.220 e. The molecule has 0 saturated heterocycles. The second-order valence-corrected chi connectivity index (χ2v) is 4.90. The number of amides is 1. The molecule has 0 spiro atoms. The number of unbranched alkanes of at least 4 members (excludes halogenated alkanes) is 1. The van der Waals surface area contributed by atoms with E-state index in [1.807, 2.05) is 18.2 Å². The largest absolute Gasteiger partial charge is 0.349 e. The number of hydrogen-bond acceptors (Lipinski definition) is 1. The molecule has 1 aromatic carbocycles. The van der Waals surface area contributed by atoms with Crippen LogP contribution in [0.5, 0.6) is 0 Å². The molecule has 2 heteroatoms. The van der Waals surface area contributed by atoms with Crippen molar-refractivity contribution in [3.05, 3.63) is 35.9 Å². The Hall–Kier alpha value is -1.31. The lowest BCUT2D eigenvalue weighted by atomic mass is 10.0. The molecule has 0 heterocycles. The fraction of sp³-hybridized carbons (Fsp3) is 0.533. The minimum atomic E-state index is 0.201. The summed E-state index contributed by atoms with van der Waals surface area (Å²) < 4.78 is 0. The molecule has 1 unspecified atom stereocenters. The predicted molar refractivity (Wildman–Crippen MR) is 69.6 cm³/mol. The van der Waals surface area contributed by atoms with Crippen molar-refractivity contribution in [3.8, 4) is 0 Å². The molecule has 2 nitrogen and oxygen atoms in total. The van der Waals surface area contributed by atoms with Crippen LogP contribution in [0.1, 0.15) is 50.6 Å². The Morgan fingerprint density at radius 1 is 1.35 bits per heavy atom. The van der Waals surface area contributed by atoms with E-state index in [0.29, 0.717) is 12.3 Å². The van der Waals surface area contributed by atoms with Gasteiger partial charge >= 0.3 is 0 Å². The third kappa shape index (κ3) is 3.58. The summed E-state index contributed by atoms with van der Waals surface area (Å²) in [6.07, 6.45) is 5.21. The average molecular weight is 231 g/mol. The van der Waals surface area contributed by atoms with Gasteiger partial charge in [-0.15, -0.1) is 0 Å². The number of hydrogen-bond donors (Lipinski definition) is 1. The lowest BCUT2D eigenvalue weighted by Crippen LogP contribution is -2.29. The van der Waals surface area contributed by atoms with E-state index >= 15 is 0 Å². The van der Waals surface area contributed by atoms with Gasteiger partial charge in [0.15, 0.2) is 0 Å². The molecule has 0 aliphatic heterocycles. The molecule has 1 N–H and O–H groups in total. The summed E-state index contributed by atoms with van der Waals surface area (Å²) in [5.74, 6) is 0.857. The first kappa shape index (κ1) is 12.2. The number of benzene rings is 1. The molecule has 1 amide bonds. The summed E-state index contributed by atoms with van der Waals surface area (Å²) in [7, 11) is 0. The van der Waals surface area contributed by atoms with Crippen molar-refractivity contribution in [1.29, 1.82) is 0 Å². The van der Waals surface area contributed by atoms with E-state index < -0.39 is 0 Å². The molecule has 1 aliphatic rings. The van der Waals surface area contributed by atoms with E-state index in [9.17, 15) is 4.79 Å². The molecule has 92 valence electrons. The van der Waals surface area contributed by atoms with Crippen molar-refractivity contribution in [2.45, 2.75) is 45.1 Å². The quantitative estimate of drug-likeness (QED) is 0.798. The zero-order chi connectivity index (χ0) is 12.1. The summed E-state index contributed by atoms with van der Waals surface area (Å²) in [6, 6.07) is 10.6. The van der Waals surface area contributed by atoms with Gasteiger partial charge < -0.3 is 5.32 Å². The summed E-state index contributed by atoms with van der Waals surface area (Å²) in [4.78, 5) is 11.8. The van der Waals surface area contributed by atoms with Crippen LogP contribution in [-0.2, 0) is 4.79 Å². The lowest BCUT2D eigenvalue weighted by molar-refractivity contribution is -0.122. The minimum Gasteiger partial charge on any atom is -0.349 e. The Kier molecular flexibility index (Phi) is 4.18. The van der Waals surface area contributed by atoms with Crippen LogP contribution in [-0.4, -0.2) is 5.91 Å². The van der Waals surface area contributed by atoms with Crippen LogP contribution in [0.2, 0.25) is 0 Å². The van der Waals surface area contributed by atoms with E-state index in [-0.39, 0.29) is 11.9 Å². The van der Waals surface area contributed by atoms with E-state index in [4.69, 9.17) is 0 Å². The third-order valence-corrected chi connectivity index (χ3v) is 3.33. The molecule has 0 radical (unpaired) electrons. The van der Waals surface area contributed by atoms with E-state index in [1.54, 1.807) is 0 Å². The summed E-state index contributed by atoms with van der Waals surface area (Å²) >= 11 is 0. The van der Waals surface area contributed by atoms with Crippen molar-refractivity contribution in [2.75, 3.05) is 0 Å². The van der Waals surface area contributed by atoms with Gasteiger partial charge in [0, 0.05) is 6.42 Å². The van der Waals surface area contributed by atoms with Gasteiger partial charge in [0.25, 0.3) is 0 Å². The van der Waals surface area contributed by atoms with Crippen molar-refractivity contribution in [2.24, 2.45) is 5.92 Å². The molecule has 1 fully saturated rings. The van der Waals surface area contributed by atoms with Crippen LogP contribution in [0.25, 0.3) is 0 Å². The van der Waals surface area contributed by atoms with Gasteiger partial charge in [0.05, 0.1) is 6.04 Å². The van der Waals surface area contributed by atoms with Crippen LogP contribution in [0, 0.1) is 5.92 Å². The second-order valence-electron chi connectivity index (χ2n) is 4.90. The SMILES string of the molecule is CCCCC(=O)NC(c1ccccc1)C1CC1. The third-order valence-electron chi connectivity index (χ3n) is 3.33. The van der Waals surface area contributed by atoms with Crippen LogP contribution in [0.15, 0.2) is 30.3 Å². The van der Waals surface area contributed by atoms with Gasteiger partial charge in [0.1, 0.15) is 0 Å². The molecule has 0 aromatic heterocycles. The average Bonchev–Trinajstić information content (AvgIpc) is 3.19. The number of carbonyl (C=O) groups is 1. The number of carbonyl (C=O) groups excluding carboxylic acids is 1. The smallest absolute Gasteiger partial charge is 0.220 e. The molecule has 2 rings (SSSR count). The summed E-state index contributed by atoms with van der Waals surface area (Å²) in [6.45, 7) is 2.11. The van der Waals surface area contributed by atoms with Gasteiger partial charge in [-0.3, -0.25) is 4.79 Å². The van der Waals surface area contributed by atoms with Crippen molar-refractivity contribution in [3.63, 3.8) is 0 Å². The molecule has 1 aromatic rings. The van der Waals surface area contributed by atoms with Gasteiger partial charge in [0.2, 0.25) is 5.91 Å². The molecule has 1 atom stereocenters. The maximum absolute atomic E-state index is 11.8. The molecular weight excluding hydrogens is 210 g/mol. The highest BCUT2D eigenvalue weighted by atomic mass is 16.1. The Morgan fingerprint density at radius 2 is 2.06 bits per heavy atom. The predicted octanol–water partition coefficient (Wildman–Crippen LogP) is 3.44. The Bertz CT molecular complexity index is 356. The molecule has 17 heavy (non-hydrogen) atoms. The highest BCUT2D eigenvalue weighted by Crippen LogP contribution is 2.40. The molecule has 1 saturated carbocycles. The topological polar surface area (TPSA) is 29.1 Å². The first-order valence-electron chi connectivity index (χ1n) is 6.65. The number of rotatable bonds is 6. The summed E-state index contributed by atoms with van der Waals surface area (Å²) in [5.41, 5.74) is 1.25. The van der Waals surface area contributed by atoms with Crippen molar-refractivity contribution in [1.82, 2.24) is 5.32 Å². The van der Waals surface area contributed by atoms with E-state index in [0.717, 1.165) is 12.8 Å². The van der Waals surface area contributed by atoms with Crippen LogP contribution in [0.4, 0.5) is 0 Å². The van der Waals surface area contributed by atoms with Crippen molar-refractivity contribution < 1.29 is 4.79 Å². The molecule has 1 aliphatic carbocycles. The normalized spacial score (nSPS) is 16.5. The highest BCUT2D eigenvalue weighted by Gasteiger charge is 2.33. The van der Waals surface area contributed by atoms with E-state index in [1.165, 1.54) is 18.4 Å². The zero-order valence-corrected chi connectivity index (χ0v) is 10.5. The van der Waals surface area contributed by atoms with E-state index in [2.05, 4.69) is 24.4 Å². The highest BCUT2D eigenvalue weighted by molar-refractivity contribution is 5.76.